The van der Waals surface area contributed by atoms with Crippen molar-refractivity contribution in [3.05, 3.63) is 78.6 Å². The van der Waals surface area contributed by atoms with Crippen molar-refractivity contribution >= 4 is 11.3 Å². The molecule has 0 amide bonds. The smallest absolute Gasteiger partial charge is 0.180 e. The van der Waals surface area contributed by atoms with Crippen LogP contribution in [-0.2, 0) is 0 Å². The van der Waals surface area contributed by atoms with E-state index in [4.69, 9.17) is 20.2 Å². The van der Waals surface area contributed by atoms with Gasteiger partial charge in [0.25, 0.3) is 0 Å². The number of pyridine rings is 1. The number of ether oxygens (including phenoxy) is 2. The summed E-state index contributed by atoms with van der Waals surface area (Å²) in [6.45, 7) is 2.95. The fourth-order valence-electron chi connectivity index (χ4n) is 2.95. The molecule has 0 unspecified atom stereocenters. The molecule has 0 radical (unpaired) electrons. The van der Waals surface area contributed by atoms with E-state index >= 15 is 0 Å². The van der Waals surface area contributed by atoms with Crippen molar-refractivity contribution in [2.24, 2.45) is 0 Å². The molecule has 4 rings (SSSR count). The maximum Gasteiger partial charge on any atom is 0.180 e. The van der Waals surface area contributed by atoms with E-state index in [1.807, 2.05) is 84.4 Å². The second kappa shape index (κ2) is 7.41. The zero-order valence-corrected chi connectivity index (χ0v) is 15.1. The van der Waals surface area contributed by atoms with Crippen LogP contribution in [-0.4, -0.2) is 22.6 Å². The molecule has 0 aliphatic heterocycles. The van der Waals surface area contributed by atoms with Gasteiger partial charge in [-0.2, -0.15) is 0 Å². The number of hydrogen-bond acceptors (Lipinski definition) is 4. The highest BCUT2D eigenvalue weighted by Crippen LogP contribution is 2.25. The third-order valence-electron chi connectivity index (χ3n) is 4.23. The summed E-state index contributed by atoms with van der Waals surface area (Å²) < 4.78 is 13.6. The minimum atomic E-state index is 0.439. The van der Waals surface area contributed by atoms with E-state index in [0.29, 0.717) is 18.9 Å². The molecule has 0 spiro atoms. The Kier molecular flexibility index (Phi) is 4.66. The molecule has 2 aromatic carbocycles. The molecule has 0 aliphatic carbocycles. The summed E-state index contributed by atoms with van der Waals surface area (Å²) in [5, 5.41) is 0. The largest absolute Gasteiger partial charge is 0.490 e. The van der Waals surface area contributed by atoms with Gasteiger partial charge in [-0.3, -0.25) is 0 Å². The maximum atomic E-state index is 5.91. The van der Waals surface area contributed by atoms with Gasteiger partial charge >= 0.3 is 0 Å². The van der Waals surface area contributed by atoms with Gasteiger partial charge in [-0.15, -0.1) is 0 Å². The Labute approximate surface area is 158 Å². The molecule has 5 heteroatoms. The van der Waals surface area contributed by atoms with Crippen molar-refractivity contribution < 1.29 is 9.47 Å². The van der Waals surface area contributed by atoms with E-state index in [-0.39, 0.29) is 0 Å². The number of hydrogen-bond donors (Lipinski definition) is 1. The van der Waals surface area contributed by atoms with E-state index < -0.39 is 0 Å². The number of imidazole rings is 1. The van der Waals surface area contributed by atoms with Crippen LogP contribution in [0.15, 0.2) is 73.1 Å². The third-order valence-corrected chi connectivity index (χ3v) is 4.23. The first-order chi connectivity index (χ1) is 13.2. The molecule has 0 fully saturated rings. The van der Waals surface area contributed by atoms with Gasteiger partial charge in [0.2, 0.25) is 0 Å². The average Bonchev–Trinajstić information content (AvgIpc) is 3.10. The molecular weight excluding hydrogens is 338 g/mol. The molecule has 4 aromatic rings. The minimum Gasteiger partial charge on any atom is -0.490 e. The molecule has 0 saturated heterocycles. The Morgan fingerprint density at radius 1 is 0.963 bits per heavy atom. The molecule has 2 aromatic heterocycles. The highest BCUT2D eigenvalue weighted by atomic mass is 16.5. The molecule has 5 nitrogen and oxygen atoms in total. The van der Waals surface area contributed by atoms with Crippen LogP contribution in [0.5, 0.6) is 11.5 Å². The topological polar surface area (TPSA) is 61.8 Å². The SMILES string of the molecule is Cc1cccc(OCCOc2cccn3cc(-c4cccc(N)c4)nc23)c1. The second-order valence-corrected chi connectivity index (χ2v) is 6.37. The van der Waals surface area contributed by atoms with Crippen LogP contribution >= 0.6 is 0 Å². The summed E-state index contributed by atoms with van der Waals surface area (Å²) >= 11 is 0. The van der Waals surface area contributed by atoms with Gasteiger partial charge < -0.3 is 19.6 Å². The minimum absolute atomic E-state index is 0.439. The second-order valence-electron chi connectivity index (χ2n) is 6.37. The number of aromatic nitrogens is 2. The summed E-state index contributed by atoms with van der Waals surface area (Å²) in [6.07, 6.45) is 3.93. The van der Waals surface area contributed by atoms with Gasteiger partial charge in [-0.25, -0.2) is 4.98 Å². The number of nitrogens with two attached hydrogens (primary N) is 1. The average molecular weight is 359 g/mol. The van der Waals surface area contributed by atoms with Crippen LogP contribution < -0.4 is 15.2 Å². The number of anilines is 1. The standard InChI is InChI=1S/C22H21N3O2/c1-16-5-2-8-19(13-16)26-11-12-27-21-9-4-10-25-15-20(24-22(21)25)17-6-3-7-18(23)14-17/h2-10,13-15H,11-12,23H2,1H3. The lowest BCUT2D eigenvalue weighted by Crippen LogP contribution is -2.09. The molecule has 0 aliphatic rings. The Bertz CT molecular complexity index is 1070. The van der Waals surface area contributed by atoms with Crippen LogP contribution in [0, 0.1) is 6.92 Å². The number of aryl methyl sites for hydroxylation is 1. The van der Waals surface area contributed by atoms with Crippen LogP contribution in [0.3, 0.4) is 0 Å². The molecule has 2 N–H and O–H groups in total. The number of fused-ring (bicyclic) bond motifs is 1. The summed E-state index contributed by atoms with van der Waals surface area (Å²) in [5.74, 6) is 1.57. The van der Waals surface area contributed by atoms with Gasteiger partial charge in [-0.1, -0.05) is 24.3 Å². The van der Waals surface area contributed by atoms with Crippen molar-refractivity contribution in [2.75, 3.05) is 18.9 Å². The lowest BCUT2D eigenvalue weighted by atomic mass is 10.1. The monoisotopic (exact) mass is 359 g/mol. The predicted octanol–water partition coefficient (Wildman–Crippen LogP) is 4.35. The highest BCUT2D eigenvalue weighted by Gasteiger charge is 2.09. The summed E-state index contributed by atoms with van der Waals surface area (Å²) in [7, 11) is 0. The fourth-order valence-corrected chi connectivity index (χ4v) is 2.95. The molecule has 136 valence electrons. The van der Waals surface area contributed by atoms with Crippen molar-refractivity contribution in [3.63, 3.8) is 0 Å². The molecule has 27 heavy (non-hydrogen) atoms. The lowest BCUT2D eigenvalue weighted by molar-refractivity contribution is 0.218. The third kappa shape index (κ3) is 3.87. The quantitative estimate of drug-likeness (QED) is 0.411. The lowest BCUT2D eigenvalue weighted by Gasteiger charge is -2.09. The van der Waals surface area contributed by atoms with Crippen LogP contribution in [0.1, 0.15) is 5.56 Å². The van der Waals surface area contributed by atoms with Crippen LogP contribution in [0.25, 0.3) is 16.9 Å². The Balaban J connectivity index is 1.47. The van der Waals surface area contributed by atoms with Crippen LogP contribution in [0.2, 0.25) is 0 Å². The first-order valence-electron chi connectivity index (χ1n) is 8.85. The van der Waals surface area contributed by atoms with Crippen molar-refractivity contribution in [1.29, 1.82) is 0 Å². The molecule has 0 bridgehead atoms. The number of benzene rings is 2. The fraction of sp³-hybridized carbons (Fsp3) is 0.136. The van der Waals surface area contributed by atoms with Gasteiger partial charge in [-0.05, 0) is 48.9 Å². The normalized spacial score (nSPS) is 10.9. The number of rotatable bonds is 6. The van der Waals surface area contributed by atoms with Crippen LogP contribution in [0.4, 0.5) is 5.69 Å². The Morgan fingerprint density at radius 2 is 1.81 bits per heavy atom. The van der Waals surface area contributed by atoms with E-state index in [2.05, 4.69) is 0 Å². The van der Waals surface area contributed by atoms with Gasteiger partial charge in [0.05, 0.1) is 5.69 Å². The molecule has 2 heterocycles. The van der Waals surface area contributed by atoms with Crippen molar-refractivity contribution in [3.8, 4) is 22.8 Å². The van der Waals surface area contributed by atoms with E-state index in [1.54, 1.807) is 0 Å². The van der Waals surface area contributed by atoms with Crippen molar-refractivity contribution in [1.82, 2.24) is 9.38 Å². The number of nitrogens with zero attached hydrogens (tertiary/aromatic N) is 2. The highest BCUT2D eigenvalue weighted by molar-refractivity contribution is 5.68. The Hall–Kier alpha value is -3.47. The summed E-state index contributed by atoms with van der Waals surface area (Å²) in [6, 6.07) is 19.5. The first-order valence-corrected chi connectivity index (χ1v) is 8.85. The van der Waals surface area contributed by atoms with Gasteiger partial charge in [0, 0.05) is 23.6 Å². The zero-order valence-electron chi connectivity index (χ0n) is 15.1. The van der Waals surface area contributed by atoms with E-state index in [0.717, 1.165) is 28.4 Å². The van der Waals surface area contributed by atoms with E-state index in [1.165, 1.54) is 5.56 Å². The maximum absolute atomic E-state index is 5.91. The van der Waals surface area contributed by atoms with Crippen molar-refractivity contribution in [2.45, 2.75) is 6.92 Å². The summed E-state index contributed by atoms with van der Waals surface area (Å²) in [5.41, 5.74) is 10.4. The zero-order chi connectivity index (χ0) is 18.6. The van der Waals surface area contributed by atoms with E-state index in [9.17, 15) is 0 Å². The van der Waals surface area contributed by atoms with Gasteiger partial charge in [0.1, 0.15) is 19.0 Å². The molecular formula is C22H21N3O2. The molecule has 0 saturated carbocycles. The Morgan fingerprint density at radius 3 is 2.67 bits per heavy atom. The number of nitrogen functional groups attached to an aromatic ring is 1. The summed E-state index contributed by atoms with van der Waals surface area (Å²) in [4.78, 5) is 4.71. The first kappa shape index (κ1) is 17.0. The van der Waals surface area contributed by atoms with Gasteiger partial charge in [0.15, 0.2) is 11.4 Å². The predicted molar refractivity (Wildman–Crippen MR) is 107 cm³/mol. The molecule has 0 atom stereocenters.